The summed E-state index contributed by atoms with van der Waals surface area (Å²) in [5, 5.41) is 10.2. The third-order valence-corrected chi connectivity index (χ3v) is 5.87. The van der Waals surface area contributed by atoms with E-state index in [-0.39, 0.29) is 0 Å². The van der Waals surface area contributed by atoms with Crippen molar-refractivity contribution in [1.82, 2.24) is 9.80 Å². The lowest BCUT2D eigenvalue weighted by molar-refractivity contribution is -0.0158. The van der Waals surface area contributed by atoms with E-state index in [1.165, 1.54) is 24.8 Å². The molecule has 1 atom stereocenters. The van der Waals surface area contributed by atoms with Crippen LogP contribution in [0.2, 0.25) is 0 Å². The Morgan fingerprint density at radius 3 is 2.38 bits per heavy atom. The molecule has 0 radical (unpaired) electrons. The quantitative estimate of drug-likeness (QED) is 0.570. The largest absolute Gasteiger partial charge is 0.491 e. The van der Waals surface area contributed by atoms with Crippen molar-refractivity contribution in [3.05, 3.63) is 29.8 Å². The van der Waals surface area contributed by atoms with Crippen molar-refractivity contribution in [2.75, 3.05) is 59.7 Å². The molecule has 1 aromatic carbocycles. The predicted octanol–water partition coefficient (Wildman–Crippen LogP) is 2.54. The standard InChI is InChI=1S/C23H38N2O4/c1-27-15-16-28-23-9-13-25(14-10-23)17-20-5-7-22(8-6-20)29-19-21(26)18-24-11-3-2-4-12-24/h5-8,21,23,26H,2-4,9-19H2,1H3. The second kappa shape index (κ2) is 12.5. The maximum atomic E-state index is 10.2. The molecule has 2 aliphatic heterocycles. The molecule has 6 heteroatoms. The molecule has 2 saturated heterocycles. The molecule has 164 valence electrons. The molecule has 29 heavy (non-hydrogen) atoms. The number of benzene rings is 1. The van der Waals surface area contributed by atoms with Crippen LogP contribution in [0.5, 0.6) is 5.75 Å². The molecule has 0 bridgehead atoms. The number of aliphatic hydroxyl groups excluding tert-OH is 1. The first-order valence-corrected chi connectivity index (χ1v) is 11.2. The Bertz CT molecular complexity index is 555. The highest BCUT2D eigenvalue weighted by Crippen LogP contribution is 2.18. The first kappa shape index (κ1) is 22.5. The summed E-state index contributed by atoms with van der Waals surface area (Å²) >= 11 is 0. The van der Waals surface area contributed by atoms with Crippen LogP contribution in [0.15, 0.2) is 24.3 Å². The van der Waals surface area contributed by atoms with Crippen LogP contribution in [0.3, 0.4) is 0 Å². The molecule has 0 saturated carbocycles. The molecule has 2 heterocycles. The van der Waals surface area contributed by atoms with Gasteiger partial charge in [-0.25, -0.2) is 0 Å². The van der Waals surface area contributed by atoms with E-state index < -0.39 is 6.10 Å². The van der Waals surface area contributed by atoms with Gasteiger partial charge in [-0.15, -0.1) is 0 Å². The minimum Gasteiger partial charge on any atom is -0.491 e. The minimum atomic E-state index is -0.430. The van der Waals surface area contributed by atoms with Crippen LogP contribution in [0.1, 0.15) is 37.7 Å². The van der Waals surface area contributed by atoms with Gasteiger partial charge in [0.2, 0.25) is 0 Å². The Hall–Kier alpha value is -1.18. The maximum absolute atomic E-state index is 10.2. The zero-order valence-electron chi connectivity index (χ0n) is 17.9. The molecule has 6 nitrogen and oxygen atoms in total. The van der Waals surface area contributed by atoms with E-state index in [1.807, 2.05) is 12.1 Å². The monoisotopic (exact) mass is 406 g/mol. The zero-order chi connectivity index (χ0) is 20.3. The van der Waals surface area contributed by atoms with Gasteiger partial charge in [0.25, 0.3) is 0 Å². The maximum Gasteiger partial charge on any atom is 0.119 e. The third kappa shape index (κ3) is 8.22. The van der Waals surface area contributed by atoms with E-state index in [1.54, 1.807) is 7.11 Å². The van der Waals surface area contributed by atoms with E-state index in [0.29, 0.717) is 32.5 Å². The van der Waals surface area contributed by atoms with Crippen LogP contribution < -0.4 is 4.74 Å². The molecule has 3 rings (SSSR count). The lowest BCUT2D eigenvalue weighted by Gasteiger charge is -2.31. The van der Waals surface area contributed by atoms with Crippen molar-refractivity contribution >= 4 is 0 Å². The molecule has 1 unspecified atom stereocenters. The lowest BCUT2D eigenvalue weighted by atomic mass is 10.1. The number of methoxy groups -OCH3 is 1. The van der Waals surface area contributed by atoms with Gasteiger partial charge in [-0.1, -0.05) is 18.6 Å². The van der Waals surface area contributed by atoms with Gasteiger partial charge in [0.1, 0.15) is 18.5 Å². The normalized spacial score (nSPS) is 20.6. The Morgan fingerprint density at radius 1 is 0.966 bits per heavy atom. The first-order chi connectivity index (χ1) is 14.2. The Balaban J connectivity index is 1.32. The van der Waals surface area contributed by atoms with Crippen LogP contribution in [0.4, 0.5) is 0 Å². The summed E-state index contributed by atoms with van der Waals surface area (Å²) in [6, 6.07) is 8.30. The van der Waals surface area contributed by atoms with Gasteiger partial charge in [-0.3, -0.25) is 4.90 Å². The minimum absolute atomic E-state index is 0.354. The summed E-state index contributed by atoms with van der Waals surface area (Å²) in [7, 11) is 1.71. The van der Waals surface area contributed by atoms with E-state index in [2.05, 4.69) is 21.9 Å². The number of ether oxygens (including phenoxy) is 3. The Morgan fingerprint density at radius 2 is 1.69 bits per heavy atom. The van der Waals surface area contributed by atoms with Gasteiger partial charge in [0, 0.05) is 33.3 Å². The second-order valence-corrected chi connectivity index (χ2v) is 8.31. The second-order valence-electron chi connectivity index (χ2n) is 8.31. The topological polar surface area (TPSA) is 54.4 Å². The van der Waals surface area contributed by atoms with Gasteiger partial charge in [0.05, 0.1) is 19.3 Å². The van der Waals surface area contributed by atoms with E-state index in [4.69, 9.17) is 14.2 Å². The average molecular weight is 407 g/mol. The van der Waals surface area contributed by atoms with E-state index in [0.717, 1.165) is 51.3 Å². The number of likely N-dealkylation sites (tertiary alicyclic amines) is 2. The van der Waals surface area contributed by atoms with Crippen molar-refractivity contribution in [2.45, 2.75) is 50.9 Å². The fourth-order valence-electron chi connectivity index (χ4n) is 4.17. The van der Waals surface area contributed by atoms with Crippen LogP contribution in [-0.4, -0.2) is 86.8 Å². The molecule has 1 N–H and O–H groups in total. The zero-order valence-corrected chi connectivity index (χ0v) is 17.9. The lowest BCUT2D eigenvalue weighted by Crippen LogP contribution is -2.38. The average Bonchev–Trinajstić information content (AvgIpc) is 2.75. The van der Waals surface area contributed by atoms with Gasteiger partial charge in [-0.05, 0) is 56.5 Å². The first-order valence-electron chi connectivity index (χ1n) is 11.2. The molecule has 2 aliphatic rings. The van der Waals surface area contributed by atoms with E-state index in [9.17, 15) is 5.11 Å². The van der Waals surface area contributed by atoms with Gasteiger partial charge in [0.15, 0.2) is 0 Å². The number of hydrogen-bond donors (Lipinski definition) is 1. The summed E-state index contributed by atoms with van der Waals surface area (Å²) in [5.74, 6) is 0.830. The summed E-state index contributed by atoms with van der Waals surface area (Å²) in [6.07, 6.45) is 5.91. The Kier molecular flexibility index (Phi) is 9.70. The highest BCUT2D eigenvalue weighted by molar-refractivity contribution is 5.27. The molecule has 0 aromatic heterocycles. The van der Waals surface area contributed by atoms with Crippen LogP contribution in [0, 0.1) is 0 Å². The predicted molar refractivity (Wildman–Crippen MR) is 114 cm³/mol. The Labute approximate surface area is 175 Å². The van der Waals surface area contributed by atoms with Crippen LogP contribution >= 0.6 is 0 Å². The molecular weight excluding hydrogens is 368 g/mol. The molecule has 0 spiro atoms. The fraction of sp³-hybridized carbons (Fsp3) is 0.739. The van der Waals surface area contributed by atoms with Crippen LogP contribution in [0.25, 0.3) is 0 Å². The number of piperidine rings is 2. The van der Waals surface area contributed by atoms with Crippen molar-refractivity contribution in [3.8, 4) is 5.75 Å². The summed E-state index contributed by atoms with van der Waals surface area (Å²) < 4.78 is 16.7. The van der Waals surface area contributed by atoms with Crippen molar-refractivity contribution < 1.29 is 19.3 Å². The summed E-state index contributed by atoms with van der Waals surface area (Å²) in [5.41, 5.74) is 1.30. The highest BCUT2D eigenvalue weighted by atomic mass is 16.5. The number of hydrogen-bond acceptors (Lipinski definition) is 6. The smallest absolute Gasteiger partial charge is 0.119 e. The number of aliphatic hydroxyl groups is 1. The van der Waals surface area contributed by atoms with E-state index >= 15 is 0 Å². The number of β-amino-alcohol motifs (C(OH)–C–C–N with tert-alkyl or cyclic N) is 1. The SMILES string of the molecule is COCCOC1CCN(Cc2ccc(OCC(O)CN3CCCCC3)cc2)CC1. The molecule has 1 aromatic rings. The third-order valence-electron chi connectivity index (χ3n) is 5.87. The van der Waals surface area contributed by atoms with Gasteiger partial charge in [-0.2, -0.15) is 0 Å². The molecule has 0 amide bonds. The summed E-state index contributed by atoms with van der Waals surface area (Å²) in [6.45, 7) is 7.72. The van der Waals surface area contributed by atoms with Crippen molar-refractivity contribution in [2.24, 2.45) is 0 Å². The van der Waals surface area contributed by atoms with Gasteiger partial charge >= 0.3 is 0 Å². The molecular formula is C23H38N2O4. The van der Waals surface area contributed by atoms with Crippen molar-refractivity contribution in [3.63, 3.8) is 0 Å². The number of rotatable bonds is 11. The van der Waals surface area contributed by atoms with Gasteiger partial charge < -0.3 is 24.2 Å². The number of nitrogens with zero attached hydrogens (tertiary/aromatic N) is 2. The highest BCUT2D eigenvalue weighted by Gasteiger charge is 2.19. The van der Waals surface area contributed by atoms with Crippen LogP contribution in [-0.2, 0) is 16.0 Å². The fourth-order valence-corrected chi connectivity index (χ4v) is 4.17. The summed E-state index contributed by atoms with van der Waals surface area (Å²) in [4.78, 5) is 4.82. The molecule has 2 fully saturated rings. The molecule has 0 aliphatic carbocycles. The van der Waals surface area contributed by atoms with Crippen molar-refractivity contribution in [1.29, 1.82) is 0 Å².